The van der Waals surface area contributed by atoms with Gasteiger partial charge in [-0.25, -0.2) is 0 Å². The average molecular weight is 210 g/mol. The van der Waals surface area contributed by atoms with Crippen molar-refractivity contribution in [2.45, 2.75) is 20.3 Å². The lowest BCUT2D eigenvalue weighted by Crippen LogP contribution is -2.49. The van der Waals surface area contributed by atoms with Crippen LogP contribution in [0, 0.1) is 61.6 Å². The Morgan fingerprint density at radius 1 is 0.938 bits per heavy atom. The maximum Gasteiger partial charge on any atom is 0.184 e. The van der Waals surface area contributed by atoms with Gasteiger partial charge in [0.1, 0.15) is 0 Å². The minimum atomic E-state index is -1.63. The second kappa shape index (κ2) is 3.37. The van der Waals surface area contributed by atoms with Crippen molar-refractivity contribution in [2.24, 2.45) is 16.2 Å². The minimum Gasteiger partial charge on any atom is -0.196 e. The van der Waals surface area contributed by atoms with E-state index in [1.165, 1.54) is 0 Å². The molecule has 0 radical (unpaired) electrons. The van der Waals surface area contributed by atoms with E-state index in [-0.39, 0.29) is 6.42 Å². The summed E-state index contributed by atoms with van der Waals surface area (Å²) in [5.41, 5.74) is -4.03. The van der Waals surface area contributed by atoms with Gasteiger partial charge in [0, 0.05) is 5.41 Å². The van der Waals surface area contributed by atoms with Crippen molar-refractivity contribution in [1.82, 2.24) is 0 Å². The van der Waals surface area contributed by atoms with Gasteiger partial charge in [0.2, 0.25) is 0 Å². The smallest absolute Gasteiger partial charge is 0.184 e. The summed E-state index contributed by atoms with van der Waals surface area (Å²) in [7, 11) is 0. The van der Waals surface area contributed by atoms with Crippen molar-refractivity contribution in [2.75, 3.05) is 0 Å². The first-order valence-electron chi connectivity index (χ1n) is 4.78. The SMILES string of the molecule is CC1(C)C=CCC(C#N)(C#N)C1(C#N)C#N. The highest BCUT2D eigenvalue weighted by Gasteiger charge is 2.63. The first-order chi connectivity index (χ1) is 7.45. The Labute approximate surface area is 94.6 Å². The molecule has 1 rings (SSSR count). The van der Waals surface area contributed by atoms with E-state index in [2.05, 4.69) is 0 Å². The van der Waals surface area contributed by atoms with Gasteiger partial charge in [0.15, 0.2) is 10.8 Å². The first-order valence-corrected chi connectivity index (χ1v) is 4.78. The third kappa shape index (κ3) is 1.05. The predicted octanol–water partition coefficient (Wildman–Crippen LogP) is 2.04. The number of allylic oxidation sites excluding steroid dienone is 2. The molecule has 4 heteroatoms. The molecular formula is C12H10N4. The minimum absolute atomic E-state index is 0.116. The van der Waals surface area contributed by atoms with Gasteiger partial charge in [-0.1, -0.05) is 26.0 Å². The Bertz CT molecular complexity index is 471. The van der Waals surface area contributed by atoms with Crippen LogP contribution >= 0.6 is 0 Å². The zero-order chi connectivity index (χ0) is 12.4. The van der Waals surface area contributed by atoms with Crippen molar-refractivity contribution in [3.05, 3.63) is 12.2 Å². The highest BCUT2D eigenvalue weighted by atomic mass is 14.6. The topological polar surface area (TPSA) is 95.2 Å². The fourth-order valence-electron chi connectivity index (χ4n) is 2.15. The van der Waals surface area contributed by atoms with Gasteiger partial charge in [-0.15, -0.1) is 0 Å². The molecule has 0 saturated carbocycles. The molecule has 0 fully saturated rings. The van der Waals surface area contributed by atoms with Crippen LogP contribution in [0.5, 0.6) is 0 Å². The van der Waals surface area contributed by atoms with Crippen molar-refractivity contribution in [1.29, 1.82) is 21.0 Å². The van der Waals surface area contributed by atoms with Crippen LogP contribution < -0.4 is 0 Å². The van der Waals surface area contributed by atoms with E-state index in [1.54, 1.807) is 26.0 Å². The quantitative estimate of drug-likeness (QED) is 0.571. The van der Waals surface area contributed by atoms with Crippen molar-refractivity contribution in [3.63, 3.8) is 0 Å². The standard InChI is InChI=1S/C12H10N4/c1-10(2)4-3-5-11(6-13,7-14)12(10,8-15)9-16/h3-4H,5H2,1-2H3. The summed E-state index contributed by atoms with van der Waals surface area (Å²) in [4.78, 5) is 0. The lowest BCUT2D eigenvalue weighted by molar-refractivity contribution is 0.140. The lowest BCUT2D eigenvalue weighted by atomic mass is 9.50. The van der Waals surface area contributed by atoms with Crippen LogP contribution in [0.25, 0.3) is 0 Å². The Morgan fingerprint density at radius 2 is 1.44 bits per heavy atom. The Balaban J connectivity index is 3.67. The molecule has 1 aliphatic carbocycles. The van der Waals surface area contributed by atoms with Gasteiger partial charge in [0.05, 0.1) is 24.3 Å². The van der Waals surface area contributed by atoms with E-state index < -0.39 is 16.2 Å². The number of hydrogen-bond donors (Lipinski definition) is 0. The predicted molar refractivity (Wildman–Crippen MR) is 54.9 cm³/mol. The molecule has 0 aromatic heterocycles. The maximum atomic E-state index is 9.27. The molecule has 0 N–H and O–H groups in total. The van der Waals surface area contributed by atoms with Crippen LogP contribution in [-0.4, -0.2) is 0 Å². The van der Waals surface area contributed by atoms with Gasteiger partial charge in [0.25, 0.3) is 0 Å². The molecule has 0 bridgehead atoms. The lowest BCUT2D eigenvalue weighted by Gasteiger charge is -2.43. The third-order valence-electron chi connectivity index (χ3n) is 3.28. The van der Waals surface area contributed by atoms with Crippen molar-refractivity contribution in [3.8, 4) is 24.3 Å². The third-order valence-corrected chi connectivity index (χ3v) is 3.28. The van der Waals surface area contributed by atoms with Crippen molar-refractivity contribution >= 4 is 0 Å². The second-order valence-electron chi connectivity index (χ2n) is 4.43. The fourth-order valence-corrected chi connectivity index (χ4v) is 2.15. The molecule has 0 aliphatic heterocycles. The van der Waals surface area contributed by atoms with Crippen LogP contribution in [0.1, 0.15) is 20.3 Å². The Kier molecular flexibility index (Phi) is 2.48. The van der Waals surface area contributed by atoms with E-state index in [9.17, 15) is 10.5 Å². The monoisotopic (exact) mass is 210 g/mol. The van der Waals surface area contributed by atoms with Crippen LogP contribution in [0.2, 0.25) is 0 Å². The van der Waals surface area contributed by atoms with Gasteiger partial charge in [-0.3, -0.25) is 0 Å². The first kappa shape index (κ1) is 11.8. The highest BCUT2D eigenvalue weighted by Crippen LogP contribution is 2.56. The maximum absolute atomic E-state index is 9.27. The van der Waals surface area contributed by atoms with E-state index in [0.29, 0.717) is 0 Å². The average Bonchev–Trinajstić information content (AvgIpc) is 2.28. The second-order valence-corrected chi connectivity index (χ2v) is 4.43. The summed E-state index contributed by atoms with van der Waals surface area (Å²) in [6.07, 6.45) is 3.54. The van der Waals surface area contributed by atoms with Crippen molar-refractivity contribution < 1.29 is 0 Å². The molecule has 0 spiro atoms. The summed E-state index contributed by atoms with van der Waals surface area (Å²) in [6.45, 7) is 3.39. The van der Waals surface area contributed by atoms with E-state index in [0.717, 1.165) is 0 Å². The molecule has 0 atom stereocenters. The molecule has 1 aliphatic rings. The molecule has 16 heavy (non-hydrogen) atoms. The van der Waals surface area contributed by atoms with Crippen LogP contribution in [-0.2, 0) is 0 Å². The molecule has 0 unspecified atom stereocenters. The number of nitrogens with zero attached hydrogens (tertiary/aromatic N) is 4. The number of hydrogen-bond acceptors (Lipinski definition) is 4. The summed E-state index contributed by atoms with van der Waals surface area (Å²) >= 11 is 0. The van der Waals surface area contributed by atoms with Gasteiger partial charge in [-0.2, -0.15) is 21.0 Å². The largest absolute Gasteiger partial charge is 0.196 e. The molecule has 0 amide bonds. The Morgan fingerprint density at radius 3 is 1.75 bits per heavy atom. The molecule has 0 aromatic rings. The van der Waals surface area contributed by atoms with Gasteiger partial charge < -0.3 is 0 Å². The number of nitriles is 4. The molecule has 4 nitrogen and oxygen atoms in total. The summed E-state index contributed by atoms with van der Waals surface area (Å²) < 4.78 is 0. The van der Waals surface area contributed by atoms with E-state index in [1.807, 2.05) is 24.3 Å². The summed E-state index contributed by atoms with van der Waals surface area (Å²) in [5, 5.41) is 36.9. The van der Waals surface area contributed by atoms with Crippen LogP contribution in [0.15, 0.2) is 12.2 Å². The van der Waals surface area contributed by atoms with E-state index >= 15 is 0 Å². The molecule has 0 aromatic carbocycles. The Hall–Kier alpha value is -2.30. The normalized spacial score (nSPS) is 23.1. The zero-order valence-electron chi connectivity index (χ0n) is 9.15. The van der Waals surface area contributed by atoms with Crippen LogP contribution in [0.4, 0.5) is 0 Å². The highest BCUT2D eigenvalue weighted by molar-refractivity contribution is 5.42. The molecule has 0 saturated heterocycles. The fraction of sp³-hybridized carbons (Fsp3) is 0.500. The molecule has 78 valence electrons. The molecule has 0 heterocycles. The zero-order valence-corrected chi connectivity index (χ0v) is 9.15. The van der Waals surface area contributed by atoms with Crippen LogP contribution in [0.3, 0.4) is 0 Å². The molecular weight excluding hydrogens is 200 g/mol. The van der Waals surface area contributed by atoms with Gasteiger partial charge in [-0.05, 0) is 6.42 Å². The number of rotatable bonds is 0. The van der Waals surface area contributed by atoms with Gasteiger partial charge >= 0.3 is 0 Å². The van der Waals surface area contributed by atoms with E-state index in [4.69, 9.17) is 10.5 Å². The summed E-state index contributed by atoms with van der Waals surface area (Å²) in [6, 6.07) is 7.50. The summed E-state index contributed by atoms with van der Waals surface area (Å²) in [5.74, 6) is 0.